The Morgan fingerprint density at radius 3 is 2.59 bits per heavy atom. The van der Waals surface area contributed by atoms with Gasteiger partial charge in [0.05, 0.1) is 16.9 Å². The van der Waals surface area contributed by atoms with E-state index < -0.39 is 32.6 Å². The van der Waals surface area contributed by atoms with E-state index >= 15 is 0 Å². The Kier molecular flexibility index (Phi) is 3.86. The Hall–Kier alpha value is -2.16. The van der Waals surface area contributed by atoms with Crippen LogP contribution in [-0.4, -0.2) is 35.9 Å². The number of sulfonamides is 1. The van der Waals surface area contributed by atoms with E-state index in [0.717, 1.165) is 5.41 Å². The minimum absolute atomic E-state index is 0.134. The molecule has 1 unspecified atom stereocenters. The maximum atomic E-state index is 12.1. The van der Waals surface area contributed by atoms with E-state index in [1.165, 1.54) is 18.2 Å². The van der Waals surface area contributed by atoms with E-state index in [0.29, 0.717) is 9.88 Å². The number of fused-ring (bicyclic) bond motifs is 1. The van der Waals surface area contributed by atoms with Crippen LogP contribution in [0.15, 0.2) is 34.9 Å². The first-order chi connectivity index (χ1) is 9.99. The van der Waals surface area contributed by atoms with Crippen molar-refractivity contribution in [3.05, 3.63) is 45.0 Å². The minimum atomic E-state index is -3.96. The van der Waals surface area contributed by atoms with E-state index in [-0.39, 0.29) is 12.2 Å². The molecule has 0 fully saturated rings. The molecule has 22 heavy (non-hydrogen) atoms. The first-order valence-electron chi connectivity index (χ1n) is 6.51. The van der Waals surface area contributed by atoms with Gasteiger partial charge in [0.1, 0.15) is 5.60 Å². The Morgan fingerprint density at radius 1 is 1.41 bits per heavy atom. The summed E-state index contributed by atoms with van der Waals surface area (Å²) in [5.41, 5.74) is -0.568. The number of hydrogen-bond donors (Lipinski definition) is 0. The first-order valence-corrected chi connectivity index (χ1v) is 8.01. The highest BCUT2D eigenvalue weighted by Gasteiger charge is 2.38. The van der Waals surface area contributed by atoms with Gasteiger partial charge in [0.2, 0.25) is 0 Å². The standard InChI is InChI=1S/C13H16N2O6S/c1-13(2,3)21-12(16)14-7-10-6-11(15(17)18)5-4-9(10)8-22(14,19)20/h4-6,8,10H,7H2,1-3H3. The summed E-state index contributed by atoms with van der Waals surface area (Å²) in [6.45, 7) is 4.65. The van der Waals surface area contributed by atoms with Crippen molar-refractivity contribution in [3.63, 3.8) is 0 Å². The molecule has 0 aromatic rings. The van der Waals surface area contributed by atoms with Crippen LogP contribution in [0.1, 0.15) is 20.8 Å². The van der Waals surface area contributed by atoms with E-state index in [4.69, 9.17) is 4.74 Å². The zero-order valence-corrected chi connectivity index (χ0v) is 13.2. The third kappa shape index (κ3) is 3.35. The van der Waals surface area contributed by atoms with Crippen molar-refractivity contribution in [2.45, 2.75) is 26.4 Å². The molecular weight excluding hydrogens is 312 g/mol. The zero-order chi connectivity index (χ0) is 16.7. The van der Waals surface area contributed by atoms with Gasteiger partial charge < -0.3 is 4.74 Å². The maximum absolute atomic E-state index is 12.1. The molecule has 0 aromatic carbocycles. The monoisotopic (exact) mass is 328 g/mol. The van der Waals surface area contributed by atoms with Crippen molar-refractivity contribution in [1.82, 2.24) is 4.31 Å². The van der Waals surface area contributed by atoms with Gasteiger partial charge >= 0.3 is 6.09 Å². The lowest BCUT2D eigenvalue weighted by molar-refractivity contribution is -0.419. The number of allylic oxidation sites excluding steroid dienone is 2. The molecule has 0 aromatic heterocycles. The predicted octanol–water partition coefficient (Wildman–Crippen LogP) is 1.80. The molecule has 1 amide bonds. The highest BCUT2D eigenvalue weighted by molar-refractivity contribution is 7.92. The SMILES string of the molecule is CC(C)(C)OC(=O)N1CC2C=C([N+](=O)[O-])C=CC2=CS1(=O)=O. The molecule has 120 valence electrons. The van der Waals surface area contributed by atoms with E-state index in [1.807, 2.05) is 0 Å². The van der Waals surface area contributed by atoms with Crippen molar-refractivity contribution in [2.75, 3.05) is 6.54 Å². The van der Waals surface area contributed by atoms with Gasteiger partial charge in [-0.15, -0.1) is 0 Å². The van der Waals surface area contributed by atoms with Gasteiger partial charge in [-0.05, 0) is 26.3 Å². The smallest absolute Gasteiger partial charge is 0.424 e. The fourth-order valence-electron chi connectivity index (χ4n) is 2.08. The van der Waals surface area contributed by atoms with Gasteiger partial charge in [-0.3, -0.25) is 10.1 Å². The topological polar surface area (TPSA) is 107 Å². The summed E-state index contributed by atoms with van der Waals surface area (Å²) in [7, 11) is -3.96. The number of nitro groups is 1. The second-order valence-electron chi connectivity index (χ2n) is 5.96. The van der Waals surface area contributed by atoms with Crippen LogP contribution in [0, 0.1) is 16.0 Å². The number of amides is 1. The second-order valence-corrected chi connectivity index (χ2v) is 7.67. The third-order valence-corrected chi connectivity index (χ3v) is 4.49. The molecule has 1 aliphatic heterocycles. The molecule has 1 aliphatic carbocycles. The predicted molar refractivity (Wildman–Crippen MR) is 77.7 cm³/mol. The van der Waals surface area contributed by atoms with Crippen LogP contribution < -0.4 is 0 Å². The summed E-state index contributed by atoms with van der Waals surface area (Å²) in [5, 5.41) is 11.7. The summed E-state index contributed by atoms with van der Waals surface area (Å²) in [6.07, 6.45) is 2.96. The van der Waals surface area contributed by atoms with Crippen LogP contribution in [-0.2, 0) is 14.8 Å². The van der Waals surface area contributed by atoms with Crippen LogP contribution in [0.3, 0.4) is 0 Å². The van der Waals surface area contributed by atoms with E-state index in [9.17, 15) is 23.3 Å². The largest absolute Gasteiger partial charge is 0.443 e. The highest BCUT2D eigenvalue weighted by atomic mass is 32.2. The van der Waals surface area contributed by atoms with Crippen molar-refractivity contribution >= 4 is 16.1 Å². The van der Waals surface area contributed by atoms with Gasteiger partial charge in [0.25, 0.3) is 15.7 Å². The fourth-order valence-corrected chi connectivity index (χ4v) is 3.42. The maximum Gasteiger partial charge on any atom is 0.424 e. The Labute approximate surface area is 127 Å². The third-order valence-electron chi connectivity index (χ3n) is 3.01. The Balaban J connectivity index is 2.33. The molecule has 2 rings (SSSR count). The van der Waals surface area contributed by atoms with Crippen molar-refractivity contribution in [3.8, 4) is 0 Å². The summed E-state index contributed by atoms with van der Waals surface area (Å²) in [6, 6.07) is 0. The number of carbonyl (C=O) groups is 1. The normalized spacial score (nSPS) is 23.2. The first kappa shape index (κ1) is 16.2. The molecule has 0 spiro atoms. The molecule has 1 heterocycles. The van der Waals surface area contributed by atoms with Crippen molar-refractivity contribution in [1.29, 1.82) is 0 Å². The summed E-state index contributed by atoms with van der Waals surface area (Å²) in [4.78, 5) is 22.3. The van der Waals surface area contributed by atoms with Crippen LogP contribution in [0.25, 0.3) is 0 Å². The molecule has 0 saturated carbocycles. The zero-order valence-electron chi connectivity index (χ0n) is 12.3. The van der Waals surface area contributed by atoms with Crippen LogP contribution in [0.2, 0.25) is 0 Å². The van der Waals surface area contributed by atoms with E-state index in [2.05, 4.69) is 0 Å². The summed E-state index contributed by atoms with van der Waals surface area (Å²) < 4.78 is 29.9. The molecule has 8 nitrogen and oxygen atoms in total. The van der Waals surface area contributed by atoms with Crippen LogP contribution >= 0.6 is 0 Å². The Bertz CT molecular complexity index is 711. The number of carbonyl (C=O) groups excluding carboxylic acids is 1. The molecule has 0 radical (unpaired) electrons. The van der Waals surface area contributed by atoms with E-state index in [1.54, 1.807) is 20.8 Å². The lowest BCUT2D eigenvalue weighted by atomic mass is 9.94. The number of hydrogen-bond acceptors (Lipinski definition) is 6. The molecule has 2 aliphatic rings. The van der Waals surface area contributed by atoms with Crippen LogP contribution in [0.4, 0.5) is 4.79 Å². The molecule has 0 N–H and O–H groups in total. The van der Waals surface area contributed by atoms with Gasteiger partial charge in [-0.1, -0.05) is 6.08 Å². The summed E-state index contributed by atoms with van der Waals surface area (Å²) >= 11 is 0. The molecule has 1 atom stereocenters. The van der Waals surface area contributed by atoms with Gasteiger partial charge in [-0.25, -0.2) is 13.2 Å². The van der Waals surface area contributed by atoms with Crippen molar-refractivity contribution < 1.29 is 22.9 Å². The lowest BCUT2D eigenvalue weighted by Gasteiger charge is -2.32. The number of ether oxygens (including phenoxy) is 1. The molecule has 0 saturated heterocycles. The molecule has 0 bridgehead atoms. The molecule has 9 heteroatoms. The van der Waals surface area contributed by atoms with Crippen LogP contribution in [0.5, 0.6) is 0 Å². The van der Waals surface area contributed by atoms with Crippen molar-refractivity contribution in [2.24, 2.45) is 5.92 Å². The van der Waals surface area contributed by atoms with Gasteiger partial charge in [-0.2, -0.15) is 4.31 Å². The Morgan fingerprint density at radius 2 is 2.05 bits per heavy atom. The minimum Gasteiger partial charge on any atom is -0.443 e. The number of rotatable bonds is 1. The lowest BCUT2D eigenvalue weighted by Crippen LogP contribution is -2.45. The average molecular weight is 328 g/mol. The van der Waals surface area contributed by atoms with Gasteiger partial charge in [0.15, 0.2) is 0 Å². The second kappa shape index (κ2) is 5.24. The molecular formula is C13H16N2O6S. The van der Waals surface area contributed by atoms with Gasteiger partial charge in [0, 0.05) is 18.1 Å². The number of nitrogens with zero attached hydrogens (tertiary/aromatic N) is 2. The highest BCUT2D eigenvalue weighted by Crippen LogP contribution is 2.31. The fraction of sp³-hybridized carbons (Fsp3) is 0.462. The summed E-state index contributed by atoms with van der Waals surface area (Å²) in [5.74, 6) is -0.554. The average Bonchev–Trinajstić information content (AvgIpc) is 2.33. The quantitative estimate of drug-likeness (QED) is 0.536.